The summed E-state index contributed by atoms with van der Waals surface area (Å²) in [4.78, 5) is 0.140. The monoisotopic (exact) mass is 348 g/mol. The molecule has 0 atom stereocenters. The Morgan fingerprint density at radius 1 is 1.12 bits per heavy atom. The van der Waals surface area contributed by atoms with E-state index in [4.69, 9.17) is 4.52 Å². The number of nitrogens with zero attached hydrogens (tertiary/aromatic N) is 1. The quantitative estimate of drug-likeness (QED) is 0.891. The Balaban J connectivity index is 1.66. The van der Waals surface area contributed by atoms with Crippen molar-refractivity contribution in [2.24, 2.45) is 0 Å². The van der Waals surface area contributed by atoms with Gasteiger partial charge in [-0.3, -0.25) is 0 Å². The molecular formula is C18H24N2O3S. The second-order valence-electron chi connectivity index (χ2n) is 6.55. The zero-order valence-corrected chi connectivity index (χ0v) is 15.0. The number of rotatable bonds is 5. The zero-order chi connectivity index (χ0) is 17.2. The molecule has 1 heterocycles. The first-order valence-corrected chi connectivity index (χ1v) is 9.97. The average Bonchev–Trinajstić information content (AvgIpc) is 2.94. The van der Waals surface area contributed by atoms with Gasteiger partial charge < -0.3 is 4.52 Å². The molecule has 0 amide bonds. The average molecular weight is 348 g/mol. The zero-order valence-electron chi connectivity index (χ0n) is 14.2. The minimum absolute atomic E-state index is 0.140. The number of hydrogen-bond acceptors (Lipinski definition) is 4. The number of aryl methyl sites for hydroxylation is 2. The highest BCUT2D eigenvalue weighted by molar-refractivity contribution is 7.89. The standard InChI is InChI=1S/C18H24N2O3S/c1-13-18(14(2)23-20-13)24(21,22)19-12-15-8-10-17(11-9-15)16-6-4-3-5-7-16/h8-11,16,19H,3-7,12H2,1-2H3. The molecule has 5 nitrogen and oxygen atoms in total. The molecule has 0 bridgehead atoms. The fraction of sp³-hybridized carbons (Fsp3) is 0.500. The first kappa shape index (κ1) is 17.2. The van der Waals surface area contributed by atoms with Crippen molar-refractivity contribution >= 4 is 10.0 Å². The predicted molar refractivity (Wildman–Crippen MR) is 92.3 cm³/mol. The van der Waals surface area contributed by atoms with Crippen molar-refractivity contribution in [3.63, 3.8) is 0 Å². The number of hydrogen-bond donors (Lipinski definition) is 1. The topological polar surface area (TPSA) is 72.2 Å². The number of benzene rings is 1. The maximum atomic E-state index is 12.4. The Kier molecular flexibility index (Phi) is 5.06. The van der Waals surface area contributed by atoms with E-state index in [1.54, 1.807) is 13.8 Å². The Hall–Kier alpha value is -1.66. The number of sulfonamides is 1. The van der Waals surface area contributed by atoms with E-state index in [0.29, 0.717) is 17.4 Å². The summed E-state index contributed by atoms with van der Waals surface area (Å²) in [6.07, 6.45) is 6.49. The lowest BCUT2D eigenvalue weighted by Gasteiger charge is -2.22. The van der Waals surface area contributed by atoms with Crippen LogP contribution in [0.4, 0.5) is 0 Å². The van der Waals surface area contributed by atoms with Crippen molar-refractivity contribution in [2.45, 2.75) is 63.3 Å². The molecule has 1 aromatic heterocycles. The lowest BCUT2D eigenvalue weighted by atomic mass is 9.84. The molecule has 1 aliphatic carbocycles. The first-order valence-electron chi connectivity index (χ1n) is 8.49. The third-order valence-corrected chi connectivity index (χ3v) is 6.40. The highest BCUT2D eigenvalue weighted by atomic mass is 32.2. The molecular weight excluding hydrogens is 324 g/mol. The predicted octanol–water partition coefficient (Wildman–Crippen LogP) is 3.82. The largest absolute Gasteiger partial charge is 0.360 e. The fourth-order valence-corrected chi connectivity index (χ4v) is 4.80. The summed E-state index contributed by atoms with van der Waals surface area (Å²) in [6.45, 7) is 3.49. The van der Waals surface area contributed by atoms with Crippen molar-refractivity contribution in [1.29, 1.82) is 0 Å². The molecule has 0 saturated heterocycles. The van der Waals surface area contributed by atoms with Crippen LogP contribution in [0.2, 0.25) is 0 Å². The summed E-state index contributed by atoms with van der Waals surface area (Å²) >= 11 is 0. The lowest BCUT2D eigenvalue weighted by molar-refractivity contribution is 0.390. The molecule has 3 rings (SSSR count). The van der Waals surface area contributed by atoms with E-state index in [0.717, 1.165) is 5.56 Å². The third kappa shape index (κ3) is 3.70. The van der Waals surface area contributed by atoms with E-state index in [1.807, 2.05) is 12.1 Å². The van der Waals surface area contributed by atoms with Gasteiger partial charge in [-0.1, -0.05) is 48.7 Å². The number of nitrogens with one attached hydrogen (secondary N) is 1. The SMILES string of the molecule is Cc1noc(C)c1S(=O)(=O)NCc1ccc(C2CCCCC2)cc1. The maximum Gasteiger partial charge on any atom is 0.246 e. The summed E-state index contributed by atoms with van der Waals surface area (Å²) in [5, 5.41) is 3.71. The van der Waals surface area contributed by atoms with Crippen LogP contribution in [0.25, 0.3) is 0 Å². The van der Waals surface area contributed by atoms with Crippen LogP contribution < -0.4 is 4.72 Å². The van der Waals surface area contributed by atoms with E-state index < -0.39 is 10.0 Å². The van der Waals surface area contributed by atoms with Gasteiger partial charge >= 0.3 is 0 Å². The van der Waals surface area contributed by atoms with Crippen molar-refractivity contribution in [2.75, 3.05) is 0 Å². The third-order valence-electron chi connectivity index (χ3n) is 4.76. The van der Waals surface area contributed by atoms with Crippen LogP contribution in [-0.4, -0.2) is 13.6 Å². The fourth-order valence-electron chi connectivity index (χ4n) is 3.45. The molecule has 0 aliphatic heterocycles. The van der Waals surface area contributed by atoms with Crippen LogP contribution in [0.5, 0.6) is 0 Å². The van der Waals surface area contributed by atoms with Crippen LogP contribution >= 0.6 is 0 Å². The van der Waals surface area contributed by atoms with Crippen molar-refractivity contribution in [3.05, 3.63) is 46.8 Å². The minimum atomic E-state index is -3.61. The molecule has 1 N–H and O–H groups in total. The van der Waals surface area contributed by atoms with Gasteiger partial charge in [0.2, 0.25) is 10.0 Å². The molecule has 2 aromatic rings. The van der Waals surface area contributed by atoms with Gasteiger partial charge in [-0.15, -0.1) is 0 Å². The maximum absolute atomic E-state index is 12.4. The molecule has 0 spiro atoms. The van der Waals surface area contributed by atoms with Gasteiger partial charge in [-0.2, -0.15) is 0 Å². The van der Waals surface area contributed by atoms with E-state index in [1.165, 1.54) is 37.7 Å². The highest BCUT2D eigenvalue weighted by Crippen LogP contribution is 2.32. The molecule has 130 valence electrons. The van der Waals surface area contributed by atoms with Gasteiger partial charge in [0.05, 0.1) is 0 Å². The van der Waals surface area contributed by atoms with E-state index in [9.17, 15) is 8.42 Å². The van der Waals surface area contributed by atoms with Crippen LogP contribution in [0.3, 0.4) is 0 Å². The van der Waals surface area contributed by atoms with Gasteiger partial charge in [-0.05, 0) is 43.7 Å². The van der Waals surface area contributed by atoms with Gasteiger partial charge in [0.15, 0.2) is 5.76 Å². The van der Waals surface area contributed by atoms with Crippen molar-refractivity contribution < 1.29 is 12.9 Å². The normalized spacial score (nSPS) is 16.4. The molecule has 1 saturated carbocycles. The Morgan fingerprint density at radius 3 is 2.38 bits per heavy atom. The molecule has 1 fully saturated rings. The van der Waals surface area contributed by atoms with E-state index in [-0.39, 0.29) is 11.4 Å². The second kappa shape index (κ2) is 7.07. The Bertz CT molecular complexity index is 769. The van der Waals surface area contributed by atoms with Crippen molar-refractivity contribution in [3.8, 4) is 0 Å². The van der Waals surface area contributed by atoms with Crippen LogP contribution in [0.15, 0.2) is 33.7 Å². The van der Waals surface area contributed by atoms with E-state index >= 15 is 0 Å². The minimum Gasteiger partial charge on any atom is -0.360 e. The molecule has 24 heavy (non-hydrogen) atoms. The summed E-state index contributed by atoms with van der Waals surface area (Å²) in [6, 6.07) is 8.30. The smallest absolute Gasteiger partial charge is 0.246 e. The first-order chi connectivity index (χ1) is 11.5. The number of aromatic nitrogens is 1. The van der Waals surface area contributed by atoms with Gasteiger partial charge in [-0.25, -0.2) is 13.1 Å². The van der Waals surface area contributed by atoms with Gasteiger partial charge in [0, 0.05) is 6.54 Å². The summed E-state index contributed by atoms with van der Waals surface area (Å²) < 4.78 is 32.4. The summed E-state index contributed by atoms with van der Waals surface area (Å²) in [7, 11) is -3.61. The lowest BCUT2D eigenvalue weighted by Crippen LogP contribution is -2.24. The van der Waals surface area contributed by atoms with Crippen LogP contribution in [-0.2, 0) is 16.6 Å². The van der Waals surface area contributed by atoms with E-state index in [2.05, 4.69) is 22.0 Å². The molecule has 1 aromatic carbocycles. The highest BCUT2D eigenvalue weighted by Gasteiger charge is 2.23. The molecule has 0 radical (unpaired) electrons. The van der Waals surface area contributed by atoms with Crippen molar-refractivity contribution in [1.82, 2.24) is 9.88 Å². The molecule has 6 heteroatoms. The summed E-state index contributed by atoms with van der Waals surface area (Å²) in [5.41, 5.74) is 2.70. The Labute approximate surface area is 143 Å². The second-order valence-corrected chi connectivity index (χ2v) is 8.26. The molecule has 1 aliphatic rings. The van der Waals surface area contributed by atoms with Crippen LogP contribution in [0.1, 0.15) is 60.6 Å². The molecule has 0 unspecified atom stereocenters. The van der Waals surface area contributed by atoms with Gasteiger partial charge in [0.1, 0.15) is 10.6 Å². The Morgan fingerprint density at radius 2 is 1.79 bits per heavy atom. The summed E-state index contributed by atoms with van der Waals surface area (Å²) in [5.74, 6) is 0.972. The van der Waals surface area contributed by atoms with Crippen LogP contribution in [0, 0.1) is 13.8 Å². The van der Waals surface area contributed by atoms with Gasteiger partial charge in [0.25, 0.3) is 0 Å².